The summed E-state index contributed by atoms with van der Waals surface area (Å²) in [4.78, 5) is 18.2. The van der Waals surface area contributed by atoms with Crippen molar-refractivity contribution in [3.05, 3.63) is 24.0 Å². The van der Waals surface area contributed by atoms with Gasteiger partial charge in [0.2, 0.25) is 10.0 Å². The molecule has 1 fully saturated rings. The Morgan fingerprint density at radius 3 is 2.88 bits per heavy atom. The highest BCUT2D eigenvalue weighted by atomic mass is 32.2. The van der Waals surface area contributed by atoms with Crippen LogP contribution in [0, 0.1) is 5.92 Å². The van der Waals surface area contributed by atoms with E-state index in [0.717, 1.165) is 9.69 Å². The minimum Gasteiger partial charge on any atom is -0.391 e. The Morgan fingerprint density at radius 2 is 2.17 bits per heavy atom. The van der Waals surface area contributed by atoms with E-state index < -0.39 is 22.0 Å². The lowest BCUT2D eigenvalue weighted by Gasteiger charge is -2.17. The van der Waals surface area contributed by atoms with Gasteiger partial charge in [0.05, 0.1) is 18.1 Å². The van der Waals surface area contributed by atoms with Crippen LogP contribution in [-0.2, 0) is 10.0 Å². The predicted octanol–water partition coefficient (Wildman–Crippen LogP) is -0.718. The number of hydrogen-bond acceptors (Lipinski definition) is 6. The molecular formula is C14H19N5O4S. The summed E-state index contributed by atoms with van der Waals surface area (Å²) in [5, 5.41) is 17.5. The van der Waals surface area contributed by atoms with Gasteiger partial charge < -0.3 is 10.0 Å². The molecule has 0 unspecified atom stereocenters. The molecule has 0 spiro atoms. The van der Waals surface area contributed by atoms with Gasteiger partial charge in [0.1, 0.15) is 5.69 Å². The van der Waals surface area contributed by atoms with Crippen LogP contribution in [-0.4, -0.2) is 82.9 Å². The Morgan fingerprint density at radius 1 is 1.42 bits per heavy atom. The number of fused-ring (bicyclic) bond motifs is 1. The largest absolute Gasteiger partial charge is 0.391 e. The van der Waals surface area contributed by atoms with Gasteiger partial charge in [-0.05, 0) is 12.1 Å². The number of sulfonamides is 1. The first kappa shape index (κ1) is 16.8. The fraction of sp³-hybridized carbons (Fsp3) is 0.500. The number of aromatic amines is 1. The molecule has 0 aliphatic carbocycles. The van der Waals surface area contributed by atoms with Crippen LogP contribution >= 0.6 is 0 Å². The summed E-state index contributed by atoms with van der Waals surface area (Å²) in [6, 6.07) is 3.33. The number of aliphatic hydroxyl groups is 1. The van der Waals surface area contributed by atoms with Gasteiger partial charge >= 0.3 is 0 Å². The van der Waals surface area contributed by atoms with Crippen molar-refractivity contribution in [1.82, 2.24) is 24.4 Å². The Hall–Kier alpha value is -2.04. The summed E-state index contributed by atoms with van der Waals surface area (Å²) in [6.07, 6.45) is 0.734. The van der Waals surface area contributed by atoms with Crippen LogP contribution in [0.3, 0.4) is 0 Å². The summed E-state index contributed by atoms with van der Waals surface area (Å²) in [6.45, 7) is 0.269. The normalized spacial score (nSPS) is 21.8. The summed E-state index contributed by atoms with van der Waals surface area (Å²) in [5.41, 5.74) is 0.738. The van der Waals surface area contributed by atoms with Gasteiger partial charge in [-0.2, -0.15) is 5.10 Å². The molecule has 9 nitrogen and oxygen atoms in total. The number of nitrogens with one attached hydrogen (secondary N) is 1. The first-order chi connectivity index (χ1) is 11.3. The number of H-pyrrole nitrogens is 1. The van der Waals surface area contributed by atoms with Crippen LogP contribution in [0.25, 0.3) is 11.0 Å². The van der Waals surface area contributed by atoms with Crippen molar-refractivity contribution in [2.75, 3.05) is 32.9 Å². The van der Waals surface area contributed by atoms with E-state index in [4.69, 9.17) is 0 Å². The third kappa shape index (κ3) is 3.12. The van der Waals surface area contributed by atoms with Gasteiger partial charge in [-0.1, -0.05) is 0 Å². The first-order valence-electron chi connectivity index (χ1n) is 7.45. The molecule has 10 heteroatoms. The predicted molar refractivity (Wildman–Crippen MR) is 86.8 cm³/mol. The molecule has 0 saturated carbocycles. The van der Waals surface area contributed by atoms with Crippen molar-refractivity contribution in [3.63, 3.8) is 0 Å². The molecule has 3 heterocycles. The highest BCUT2D eigenvalue weighted by Crippen LogP contribution is 2.22. The number of nitrogens with zero attached hydrogens (tertiary/aromatic N) is 4. The van der Waals surface area contributed by atoms with Crippen LogP contribution in [0.4, 0.5) is 0 Å². The maximum Gasteiger partial charge on any atom is 0.272 e. The van der Waals surface area contributed by atoms with Crippen LogP contribution in [0.2, 0.25) is 0 Å². The second kappa shape index (κ2) is 6.11. The van der Waals surface area contributed by atoms with Crippen LogP contribution < -0.4 is 0 Å². The maximum absolute atomic E-state index is 12.6. The third-order valence-electron chi connectivity index (χ3n) is 4.19. The van der Waals surface area contributed by atoms with Gasteiger partial charge in [-0.3, -0.25) is 9.89 Å². The van der Waals surface area contributed by atoms with Gasteiger partial charge in [0.15, 0.2) is 5.65 Å². The lowest BCUT2D eigenvalue weighted by atomic mass is 10.1. The summed E-state index contributed by atoms with van der Waals surface area (Å²) in [7, 11) is -0.548. The van der Waals surface area contributed by atoms with E-state index >= 15 is 0 Å². The van der Waals surface area contributed by atoms with Crippen LogP contribution in [0.5, 0.6) is 0 Å². The molecular weight excluding hydrogens is 334 g/mol. The second-order valence-corrected chi connectivity index (χ2v) is 8.33. The summed E-state index contributed by atoms with van der Waals surface area (Å²) < 4.78 is 25.1. The highest BCUT2D eigenvalue weighted by Gasteiger charge is 2.37. The smallest absolute Gasteiger partial charge is 0.272 e. The SMILES string of the molecule is CN(C)S(=O)(=O)C[C@@H]1CN(C(=O)c2ccc3cn[nH]c3n2)C[C@@H]1O. The molecule has 2 aromatic rings. The van der Waals surface area contributed by atoms with E-state index in [1.54, 1.807) is 18.3 Å². The number of amides is 1. The Balaban J connectivity index is 1.75. The van der Waals surface area contributed by atoms with E-state index in [-0.39, 0.29) is 30.4 Å². The van der Waals surface area contributed by atoms with Crippen LogP contribution in [0.1, 0.15) is 10.5 Å². The quantitative estimate of drug-likeness (QED) is 0.749. The highest BCUT2D eigenvalue weighted by molar-refractivity contribution is 7.89. The lowest BCUT2D eigenvalue weighted by Crippen LogP contribution is -2.33. The standard InChI is InChI=1S/C14H19N5O4S/c1-18(2)24(22,23)8-10-6-19(7-12(10)20)14(21)11-4-3-9-5-15-17-13(9)16-11/h3-5,10,12,20H,6-8H2,1-2H3,(H,15,16,17)/t10-,12-/m0/s1. The minimum atomic E-state index is -3.44. The van der Waals surface area contributed by atoms with Gasteiger partial charge in [-0.15, -0.1) is 0 Å². The number of aromatic nitrogens is 3. The van der Waals surface area contributed by atoms with Crippen molar-refractivity contribution in [3.8, 4) is 0 Å². The number of hydrogen-bond donors (Lipinski definition) is 2. The van der Waals surface area contributed by atoms with E-state index in [2.05, 4.69) is 15.2 Å². The lowest BCUT2D eigenvalue weighted by molar-refractivity contribution is 0.0759. The molecule has 1 aliphatic rings. The fourth-order valence-electron chi connectivity index (χ4n) is 2.71. The molecule has 2 aromatic heterocycles. The fourth-order valence-corrected chi connectivity index (χ4v) is 3.88. The molecule has 0 radical (unpaired) electrons. The molecule has 1 amide bonds. The second-order valence-electron chi connectivity index (χ2n) is 6.10. The van der Waals surface area contributed by atoms with E-state index in [1.807, 2.05) is 0 Å². The van der Waals surface area contributed by atoms with Gasteiger partial charge in [-0.25, -0.2) is 17.7 Å². The molecule has 2 atom stereocenters. The van der Waals surface area contributed by atoms with Gasteiger partial charge in [0.25, 0.3) is 5.91 Å². The molecule has 3 rings (SSSR count). The summed E-state index contributed by atoms with van der Waals surface area (Å²) >= 11 is 0. The number of carbonyl (C=O) groups excluding carboxylic acids is 1. The van der Waals surface area contributed by atoms with E-state index in [0.29, 0.717) is 5.65 Å². The number of rotatable bonds is 4. The zero-order valence-corrected chi connectivity index (χ0v) is 14.2. The Kier molecular flexibility index (Phi) is 4.28. The molecule has 0 bridgehead atoms. The number of carbonyl (C=O) groups is 1. The van der Waals surface area contributed by atoms with Crippen molar-refractivity contribution >= 4 is 27.0 Å². The molecule has 1 aliphatic heterocycles. The molecule has 0 aromatic carbocycles. The van der Waals surface area contributed by atoms with E-state index in [1.165, 1.54) is 19.0 Å². The number of pyridine rings is 1. The van der Waals surface area contributed by atoms with Crippen molar-refractivity contribution in [2.45, 2.75) is 6.10 Å². The van der Waals surface area contributed by atoms with E-state index in [9.17, 15) is 18.3 Å². The zero-order valence-electron chi connectivity index (χ0n) is 13.4. The first-order valence-corrected chi connectivity index (χ1v) is 9.06. The number of aliphatic hydroxyl groups excluding tert-OH is 1. The Bertz CT molecular complexity index is 863. The maximum atomic E-state index is 12.6. The molecule has 130 valence electrons. The monoisotopic (exact) mass is 353 g/mol. The average molecular weight is 353 g/mol. The zero-order chi connectivity index (χ0) is 17.5. The third-order valence-corrected chi connectivity index (χ3v) is 6.16. The Labute approximate surface area is 139 Å². The summed E-state index contributed by atoms with van der Waals surface area (Å²) in [5.74, 6) is -1.05. The van der Waals surface area contributed by atoms with Crippen molar-refractivity contribution in [1.29, 1.82) is 0 Å². The number of β-amino-alcohol motifs (C(OH)–C–C–N with tert-alkyl or cyclic N) is 1. The van der Waals surface area contributed by atoms with Crippen molar-refractivity contribution in [2.24, 2.45) is 5.92 Å². The molecule has 1 saturated heterocycles. The topological polar surface area (TPSA) is 119 Å². The minimum absolute atomic E-state index is 0.0924. The molecule has 2 N–H and O–H groups in total. The average Bonchev–Trinajstić information content (AvgIpc) is 3.12. The molecule has 24 heavy (non-hydrogen) atoms. The van der Waals surface area contributed by atoms with Crippen LogP contribution in [0.15, 0.2) is 18.3 Å². The number of likely N-dealkylation sites (tertiary alicyclic amines) is 1. The van der Waals surface area contributed by atoms with Gasteiger partial charge in [0, 0.05) is 38.5 Å². The van der Waals surface area contributed by atoms with Crippen molar-refractivity contribution < 1.29 is 18.3 Å².